The van der Waals surface area contributed by atoms with Crippen molar-refractivity contribution < 1.29 is 20.5 Å². The van der Waals surface area contributed by atoms with Gasteiger partial charge in [-0.2, -0.15) is 16.8 Å². The molecule has 156 valence electrons. The van der Waals surface area contributed by atoms with Crippen molar-refractivity contribution in [2.75, 3.05) is 0 Å². The third-order valence-electron chi connectivity index (χ3n) is 4.94. The first kappa shape index (κ1) is 21.0. The van der Waals surface area contributed by atoms with Crippen molar-refractivity contribution >= 4 is 53.9 Å². The fourth-order valence-electron chi connectivity index (χ4n) is 3.59. The molecule has 5 nitrogen and oxygen atoms in total. The van der Waals surface area contributed by atoms with Crippen LogP contribution in [0.4, 0.5) is 0 Å². The van der Waals surface area contributed by atoms with Crippen LogP contribution in [0.5, 0.6) is 0 Å². The lowest BCUT2D eigenvalue weighted by molar-refractivity contribution is 0.463. The Morgan fingerprint density at radius 2 is 0.968 bits per heavy atom. The Morgan fingerprint density at radius 1 is 0.581 bits per heavy atom. The minimum Gasteiger partial charge on any atom is -0.193 e. The van der Waals surface area contributed by atoms with Crippen LogP contribution < -0.4 is 0 Å². The monoisotopic (exact) mass is 450 g/mol. The maximum atomic E-state index is 13.3. The summed E-state index contributed by atoms with van der Waals surface area (Å²) >= 11 is 0. The zero-order valence-electron chi connectivity index (χ0n) is 16.4. The van der Waals surface area contributed by atoms with Gasteiger partial charge < -0.3 is 0 Å². The molecule has 4 rings (SSSR count). The van der Waals surface area contributed by atoms with E-state index in [2.05, 4.69) is 13.2 Å². The highest BCUT2D eigenvalue weighted by molar-refractivity contribution is 8.00. The van der Waals surface area contributed by atoms with Crippen molar-refractivity contribution in [2.24, 2.45) is 0 Å². The lowest BCUT2D eigenvalue weighted by Gasteiger charge is -2.14. The van der Waals surface area contributed by atoms with Gasteiger partial charge in [-0.15, -0.1) is 3.63 Å². The predicted octanol–water partition coefficient (Wildman–Crippen LogP) is 5.37. The SMILES string of the molecule is C=Cc1ccc2ccccc2c1S(=O)(=O)OS(=O)(=O)c1c(C=C)ccc2ccccc12. The summed E-state index contributed by atoms with van der Waals surface area (Å²) in [4.78, 5) is -0.492. The normalized spacial score (nSPS) is 12.1. The molecule has 0 fully saturated rings. The summed E-state index contributed by atoms with van der Waals surface area (Å²) in [7, 11) is -9.45. The second-order valence-corrected chi connectivity index (χ2v) is 9.97. The number of fused-ring (bicyclic) bond motifs is 2. The molecule has 0 saturated carbocycles. The van der Waals surface area contributed by atoms with Crippen LogP contribution in [0.3, 0.4) is 0 Å². The maximum Gasteiger partial charge on any atom is 0.312 e. The first-order chi connectivity index (χ1) is 14.8. The van der Waals surface area contributed by atoms with Gasteiger partial charge in [0.25, 0.3) is 0 Å². The van der Waals surface area contributed by atoms with E-state index in [4.69, 9.17) is 3.63 Å². The van der Waals surface area contributed by atoms with Crippen LogP contribution in [-0.2, 0) is 23.9 Å². The Balaban J connectivity index is 1.95. The summed E-state index contributed by atoms with van der Waals surface area (Å²) in [5.41, 5.74) is 0.492. The molecule has 0 aliphatic heterocycles. The van der Waals surface area contributed by atoms with Crippen molar-refractivity contribution in [3.8, 4) is 0 Å². The second-order valence-electron chi connectivity index (χ2n) is 6.79. The lowest BCUT2D eigenvalue weighted by atomic mass is 10.1. The van der Waals surface area contributed by atoms with E-state index in [1.54, 1.807) is 72.8 Å². The Labute approximate surface area is 181 Å². The molecule has 0 N–H and O–H groups in total. The summed E-state index contributed by atoms with van der Waals surface area (Å²) in [5.74, 6) is 0. The fourth-order valence-corrected chi connectivity index (χ4v) is 6.86. The van der Waals surface area contributed by atoms with Crippen LogP contribution in [0.25, 0.3) is 33.7 Å². The van der Waals surface area contributed by atoms with Crippen LogP contribution in [0.15, 0.2) is 95.7 Å². The molecule has 0 atom stereocenters. The van der Waals surface area contributed by atoms with Crippen molar-refractivity contribution in [3.05, 3.63) is 97.1 Å². The van der Waals surface area contributed by atoms with E-state index in [0.717, 1.165) is 0 Å². The van der Waals surface area contributed by atoms with Crippen LogP contribution in [0.2, 0.25) is 0 Å². The molecular formula is C24H18O5S2. The molecule has 0 aliphatic rings. The summed E-state index contributed by atoms with van der Waals surface area (Å²) in [6.07, 6.45) is 2.70. The van der Waals surface area contributed by atoms with E-state index in [1.165, 1.54) is 12.2 Å². The zero-order valence-corrected chi connectivity index (χ0v) is 18.0. The zero-order chi connectivity index (χ0) is 22.2. The van der Waals surface area contributed by atoms with Gasteiger partial charge >= 0.3 is 20.2 Å². The van der Waals surface area contributed by atoms with E-state index < -0.39 is 20.2 Å². The van der Waals surface area contributed by atoms with E-state index in [-0.39, 0.29) is 20.9 Å². The lowest BCUT2D eigenvalue weighted by Crippen LogP contribution is -2.16. The number of hydrogen-bond acceptors (Lipinski definition) is 5. The van der Waals surface area contributed by atoms with Gasteiger partial charge in [-0.1, -0.05) is 98.1 Å². The van der Waals surface area contributed by atoms with Gasteiger partial charge in [0.2, 0.25) is 0 Å². The van der Waals surface area contributed by atoms with E-state index in [1.807, 2.05) is 0 Å². The minimum absolute atomic E-state index is 0.246. The molecule has 0 bridgehead atoms. The van der Waals surface area contributed by atoms with Gasteiger partial charge in [-0.3, -0.25) is 0 Å². The molecule has 0 heterocycles. The highest BCUT2D eigenvalue weighted by Crippen LogP contribution is 2.34. The highest BCUT2D eigenvalue weighted by atomic mass is 32.3. The molecule has 4 aromatic carbocycles. The summed E-state index contributed by atoms with van der Waals surface area (Å²) in [6.45, 7) is 7.30. The molecule has 7 heteroatoms. The predicted molar refractivity (Wildman–Crippen MR) is 124 cm³/mol. The van der Waals surface area contributed by atoms with Gasteiger partial charge in [-0.05, 0) is 21.9 Å². The average molecular weight is 451 g/mol. The van der Waals surface area contributed by atoms with Gasteiger partial charge in [-0.25, -0.2) is 0 Å². The standard InChI is InChI=1S/C24H18O5S2/c1-3-17-13-15-19-9-5-7-11-21(19)23(17)30(25,26)29-31(27,28)24-18(4-2)14-16-20-10-6-8-12-22(20)24/h3-16H,1-2H2. The number of benzene rings is 4. The molecule has 31 heavy (non-hydrogen) atoms. The van der Waals surface area contributed by atoms with Gasteiger partial charge in [0.05, 0.1) is 0 Å². The molecule has 0 aromatic heterocycles. The van der Waals surface area contributed by atoms with Crippen LogP contribution in [0, 0.1) is 0 Å². The average Bonchev–Trinajstić information content (AvgIpc) is 2.76. The summed E-state index contributed by atoms with van der Waals surface area (Å²) in [5, 5.41) is 1.95. The quantitative estimate of drug-likeness (QED) is 0.394. The molecule has 0 spiro atoms. The molecule has 0 unspecified atom stereocenters. The Hall–Kier alpha value is -3.26. The van der Waals surface area contributed by atoms with Crippen molar-refractivity contribution in [3.63, 3.8) is 0 Å². The number of hydrogen-bond donors (Lipinski definition) is 0. The minimum atomic E-state index is -4.72. The molecule has 0 radical (unpaired) electrons. The van der Waals surface area contributed by atoms with Crippen LogP contribution in [0.1, 0.15) is 11.1 Å². The largest absolute Gasteiger partial charge is 0.312 e. The number of rotatable bonds is 6. The fraction of sp³-hybridized carbons (Fsp3) is 0. The van der Waals surface area contributed by atoms with Crippen molar-refractivity contribution in [2.45, 2.75) is 9.79 Å². The van der Waals surface area contributed by atoms with E-state index in [0.29, 0.717) is 21.5 Å². The first-order valence-electron chi connectivity index (χ1n) is 9.28. The molecule has 0 amide bonds. The van der Waals surface area contributed by atoms with E-state index in [9.17, 15) is 16.8 Å². The topological polar surface area (TPSA) is 77.5 Å². The van der Waals surface area contributed by atoms with Gasteiger partial charge in [0, 0.05) is 10.8 Å². The Morgan fingerprint density at radius 3 is 1.35 bits per heavy atom. The van der Waals surface area contributed by atoms with Crippen LogP contribution in [-0.4, -0.2) is 16.8 Å². The molecule has 0 saturated heterocycles. The Kier molecular flexibility index (Phi) is 5.26. The molecule has 0 aliphatic carbocycles. The summed E-state index contributed by atoms with van der Waals surface area (Å²) < 4.78 is 58.0. The van der Waals surface area contributed by atoms with E-state index >= 15 is 0 Å². The van der Waals surface area contributed by atoms with Crippen LogP contribution >= 0.6 is 0 Å². The maximum absolute atomic E-state index is 13.3. The van der Waals surface area contributed by atoms with Crippen molar-refractivity contribution in [1.29, 1.82) is 0 Å². The van der Waals surface area contributed by atoms with Gasteiger partial charge in [0.1, 0.15) is 9.79 Å². The smallest absolute Gasteiger partial charge is 0.193 e. The Bertz CT molecular complexity index is 1450. The highest BCUT2D eigenvalue weighted by Gasteiger charge is 2.32. The van der Waals surface area contributed by atoms with Crippen molar-refractivity contribution in [1.82, 2.24) is 0 Å². The molecular weight excluding hydrogens is 432 g/mol. The molecule has 4 aromatic rings. The second kappa shape index (κ2) is 7.77. The third kappa shape index (κ3) is 3.67. The van der Waals surface area contributed by atoms with Gasteiger partial charge in [0.15, 0.2) is 0 Å². The third-order valence-corrected chi connectivity index (χ3v) is 8.28. The summed E-state index contributed by atoms with van der Waals surface area (Å²) in [6, 6.07) is 20.1. The first-order valence-corrected chi connectivity index (χ1v) is 12.1.